The van der Waals surface area contributed by atoms with Gasteiger partial charge in [0.25, 0.3) is 0 Å². The molecule has 202 valence electrons. The fraction of sp³-hybridized carbons (Fsp3) is 0.290. The van der Waals surface area contributed by atoms with Crippen molar-refractivity contribution in [3.8, 4) is 0 Å². The highest BCUT2D eigenvalue weighted by Gasteiger charge is 2.28. The van der Waals surface area contributed by atoms with Crippen LogP contribution in [0.1, 0.15) is 60.7 Å². The van der Waals surface area contributed by atoms with Crippen LogP contribution in [0.3, 0.4) is 0 Å². The van der Waals surface area contributed by atoms with Crippen LogP contribution in [0.2, 0.25) is 0 Å². The van der Waals surface area contributed by atoms with Gasteiger partial charge in [-0.25, -0.2) is 18.1 Å². The largest absolute Gasteiger partial charge is 0.337 e. The van der Waals surface area contributed by atoms with E-state index < -0.39 is 10.0 Å². The molecule has 1 amide bonds. The predicted molar refractivity (Wildman–Crippen MR) is 153 cm³/mol. The summed E-state index contributed by atoms with van der Waals surface area (Å²) in [6.07, 6.45) is 6.39. The minimum absolute atomic E-state index is 0.00784. The van der Waals surface area contributed by atoms with Crippen molar-refractivity contribution in [3.05, 3.63) is 114 Å². The molecular formula is C31H34N4O3S. The minimum atomic E-state index is -3.69. The maximum absolute atomic E-state index is 13.8. The van der Waals surface area contributed by atoms with E-state index in [1.165, 1.54) is 0 Å². The molecule has 0 bridgehead atoms. The van der Waals surface area contributed by atoms with Gasteiger partial charge in [-0.3, -0.25) is 4.79 Å². The first-order chi connectivity index (χ1) is 18.8. The van der Waals surface area contributed by atoms with Crippen LogP contribution >= 0.6 is 0 Å². The van der Waals surface area contributed by atoms with Crippen molar-refractivity contribution in [1.82, 2.24) is 14.3 Å². The summed E-state index contributed by atoms with van der Waals surface area (Å²) < 4.78 is 31.1. The molecule has 3 aromatic carbocycles. The van der Waals surface area contributed by atoms with Crippen molar-refractivity contribution < 1.29 is 13.2 Å². The summed E-state index contributed by atoms with van der Waals surface area (Å²) in [5.74, 6) is 0.812. The van der Waals surface area contributed by atoms with E-state index in [4.69, 9.17) is 0 Å². The van der Waals surface area contributed by atoms with Gasteiger partial charge in [-0.15, -0.1) is 0 Å². The second-order valence-corrected chi connectivity index (χ2v) is 11.9. The zero-order valence-corrected chi connectivity index (χ0v) is 23.1. The summed E-state index contributed by atoms with van der Waals surface area (Å²) in [6, 6.07) is 24.1. The number of carbonyl (C=O) groups excluding carboxylic acids is 1. The van der Waals surface area contributed by atoms with Gasteiger partial charge in [-0.1, -0.05) is 61.5 Å². The molecule has 0 saturated carbocycles. The van der Waals surface area contributed by atoms with E-state index in [1.807, 2.05) is 66.3 Å². The third-order valence-corrected chi connectivity index (χ3v) is 8.96. The molecule has 1 aliphatic carbocycles. The smallest absolute Gasteiger partial charge is 0.241 e. The van der Waals surface area contributed by atoms with E-state index >= 15 is 0 Å². The Labute approximate surface area is 230 Å². The monoisotopic (exact) mass is 542 g/mol. The van der Waals surface area contributed by atoms with E-state index in [1.54, 1.807) is 41.4 Å². The maximum Gasteiger partial charge on any atom is 0.241 e. The lowest BCUT2D eigenvalue weighted by molar-refractivity contribution is -0.119. The predicted octanol–water partition coefficient (Wildman–Crippen LogP) is 5.50. The van der Waals surface area contributed by atoms with Crippen LogP contribution in [-0.4, -0.2) is 23.9 Å². The van der Waals surface area contributed by atoms with Crippen LogP contribution in [0, 0.1) is 0 Å². The van der Waals surface area contributed by atoms with E-state index in [2.05, 4.69) is 16.6 Å². The molecule has 0 saturated heterocycles. The molecule has 4 aromatic rings. The molecule has 8 heteroatoms. The molecular weight excluding hydrogens is 508 g/mol. The third-order valence-electron chi connectivity index (χ3n) is 7.48. The normalized spacial score (nSPS) is 15.9. The Morgan fingerprint density at radius 3 is 2.49 bits per heavy atom. The summed E-state index contributed by atoms with van der Waals surface area (Å²) >= 11 is 0. The molecule has 7 nitrogen and oxygen atoms in total. The maximum atomic E-state index is 13.8. The topological polar surface area (TPSA) is 84.3 Å². The molecule has 5 rings (SSSR count). The average molecular weight is 543 g/mol. The first kappa shape index (κ1) is 26.8. The number of fused-ring (bicyclic) bond motifs is 1. The van der Waals surface area contributed by atoms with E-state index in [-0.39, 0.29) is 22.8 Å². The van der Waals surface area contributed by atoms with Gasteiger partial charge in [0.05, 0.1) is 11.4 Å². The van der Waals surface area contributed by atoms with Gasteiger partial charge in [0, 0.05) is 37.6 Å². The van der Waals surface area contributed by atoms with Gasteiger partial charge in [0.2, 0.25) is 15.9 Å². The number of nitrogens with one attached hydrogen (secondary N) is 1. The number of rotatable bonds is 9. The number of amides is 1. The molecule has 0 fully saturated rings. The number of anilines is 1. The lowest BCUT2D eigenvalue weighted by Crippen LogP contribution is -2.34. The number of imidazole rings is 1. The molecule has 0 radical (unpaired) electrons. The highest BCUT2D eigenvalue weighted by atomic mass is 32.2. The summed E-state index contributed by atoms with van der Waals surface area (Å²) in [6.45, 7) is 2.39. The second kappa shape index (κ2) is 11.6. The summed E-state index contributed by atoms with van der Waals surface area (Å²) in [5.41, 5.74) is 3.89. The second-order valence-electron chi connectivity index (χ2n) is 10.2. The van der Waals surface area contributed by atoms with Crippen LogP contribution < -0.4 is 9.62 Å². The number of sulfonamides is 1. The van der Waals surface area contributed by atoms with Crippen molar-refractivity contribution in [3.63, 3.8) is 0 Å². The Hall–Kier alpha value is -3.75. The number of hydrogen-bond acceptors (Lipinski definition) is 4. The van der Waals surface area contributed by atoms with Gasteiger partial charge in [-0.05, 0) is 66.1 Å². The number of aryl methyl sites for hydroxylation is 2. The molecule has 39 heavy (non-hydrogen) atoms. The highest BCUT2D eigenvalue weighted by Crippen LogP contribution is 2.35. The fourth-order valence-corrected chi connectivity index (χ4v) is 6.49. The summed E-state index contributed by atoms with van der Waals surface area (Å²) in [5, 5.41) is 0. The lowest BCUT2D eigenvalue weighted by Gasteiger charge is -2.30. The highest BCUT2D eigenvalue weighted by molar-refractivity contribution is 7.89. The number of carbonyl (C=O) groups is 1. The number of hydrogen-bond donors (Lipinski definition) is 1. The quantitative estimate of drug-likeness (QED) is 0.303. The van der Waals surface area contributed by atoms with E-state index in [9.17, 15) is 13.2 Å². The third kappa shape index (κ3) is 6.13. The van der Waals surface area contributed by atoms with Gasteiger partial charge < -0.3 is 9.47 Å². The van der Waals surface area contributed by atoms with Crippen molar-refractivity contribution >= 4 is 21.6 Å². The van der Waals surface area contributed by atoms with Gasteiger partial charge in [0.1, 0.15) is 5.82 Å². The minimum Gasteiger partial charge on any atom is -0.337 e. The molecule has 1 aliphatic rings. The first-order valence-corrected chi connectivity index (χ1v) is 14.8. The summed E-state index contributed by atoms with van der Waals surface area (Å²) in [4.78, 5) is 20.3. The fourth-order valence-electron chi connectivity index (χ4n) is 5.22. The van der Waals surface area contributed by atoms with Crippen LogP contribution in [0.25, 0.3) is 0 Å². The Morgan fingerprint density at radius 1 is 1.08 bits per heavy atom. The Morgan fingerprint density at radius 2 is 1.79 bits per heavy atom. The summed E-state index contributed by atoms with van der Waals surface area (Å²) in [7, 11) is -1.77. The molecule has 1 N–H and O–H groups in total. The lowest BCUT2D eigenvalue weighted by atomic mass is 9.87. The van der Waals surface area contributed by atoms with Gasteiger partial charge in [-0.2, -0.15) is 0 Å². The van der Waals surface area contributed by atoms with Crippen LogP contribution in [-0.2, 0) is 34.8 Å². The molecule has 1 aromatic heterocycles. The number of benzene rings is 3. The van der Waals surface area contributed by atoms with Crippen molar-refractivity contribution in [2.24, 2.45) is 7.05 Å². The van der Waals surface area contributed by atoms with Gasteiger partial charge in [0.15, 0.2) is 0 Å². The van der Waals surface area contributed by atoms with Crippen molar-refractivity contribution in [2.75, 3.05) is 4.90 Å². The Kier molecular flexibility index (Phi) is 7.95. The van der Waals surface area contributed by atoms with Crippen LogP contribution in [0.4, 0.5) is 5.69 Å². The van der Waals surface area contributed by atoms with Crippen molar-refractivity contribution in [1.29, 1.82) is 0 Å². The van der Waals surface area contributed by atoms with E-state index in [0.29, 0.717) is 19.4 Å². The molecule has 1 heterocycles. The molecule has 0 spiro atoms. The van der Waals surface area contributed by atoms with Crippen molar-refractivity contribution in [2.45, 2.75) is 56.0 Å². The Bertz CT molecular complexity index is 1530. The average Bonchev–Trinajstić information content (AvgIpc) is 3.36. The Balaban J connectivity index is 1.46. The zero-order chi connectivity index (χ0) is 27.4. The van der Waals surface area contributed by atoms with Gasteiger partial charge >= 0.3 is 0 Å². The molecule has 0 aliphatic heterocycles. The van der Waals surface area contributed by atoms with Crippen LogP contribution in [0.5, 0.6) is 0 Å². The van der Waals surface area contributed by atoms with E-state index in [0.717, 1.165) is 41.0 Å². The number of aromatic nitrogens is 2. The zero-order valence-electron chi connectivity index (χ0n) is 22.3. The molecule has 2 atom stereocenters. The first-order valence-electron chi connectivity index (χ1n) is 13.3. The molecule has 0 unspecified atom stereocenters. The SMILES string of the molecule is C[C@@H](CC(=O)N(Cc1nccn1C)c1ccc2c(c1)[C@@H](NS(=O)(=O)c1ccccc1)CCC2)c1ccccc1. The van der Waals surface area contributed by atoms with Crippen LogP contribution in [0.15, 0.2) is 96.2 Å². The standard InChI is InChI=1S/C31H34N4O3S/c1-23(24-10-5-3-6-11-24)20-31(36)35(22-30-32-18-19-34(30)2)26-17-16-25-12-9-15-29(28(25)21-26)33-39(37,38)27-13-7-4-8-14-27/h3-8,10-11,13-14,16-19,21,23,29,33H,9,12,15,20,22H2,1-2H3/t23-,29-/m0/s1. The number of nitrogens with zero attached hydrogens (tertiary/aromatic N) is 3.